The van der Waals surface area contributed by atoms with Crippen molar-refractivity contribution in [2.45, 2.75) is 12.8 Å². The van der Waals surface area contributed by atoms with Crippen LogP contribution in [0.4, 0.5) is 32.0 Å². The fraction of sp³-hybridized carbons (Fsp3) is 0.185. The molecule has 40 heavy (non-hydrogen) atoms. The number of pyridine rings is 1. The average molecular weight is 562 g/mol. The molecule has 7 nitrogen and oxygen atoms in total. The summed E-state index contributed by atoms with van der Waals surface area (Å²) in [5.41, 5.74) is 4.20. The minimum atomic E-state index is -4.85. The number of imidazole rings is 1. The van der Waals surface area contributed by atoms with Gasteiger partial charge in [-0.05, 0) is 30.3 Å². The van der Waals surface area contributed by atoms with Crippen LogP contribution in [-0.2, 0) is 24.6 Å². The van der Waals surface area contributed by atoms with Crippen LogP contribution in [0.1, 0.15) is 27.4 Å². The number of nitrogens with two attached hydrogens (primary N) is 1. The highest BCUT2D eigenvalue weighted by Gasteiger charge is 2.38. The Balaban J connectivity index is 1.82. The molecule has 5 aromatic rings. The summed E-state index contributed by atoms with van der Waals surface area (Å²) in [7, 11) is 4.18. The second-order valence-corrected chi connectivity index (χ2v) is 8.93. The lowest BCUT2D eigenvalue weighted by molar-refractivity contribution is -0.137. The number of carbonyl (C=O) groups excluding carboxylic acids is 1. The average Bonchev–Trinajstić information content (AvgIpc) is 3.41. The van der Waals surface area contributed by atoms with Gasteiger partial charge < -0.3 is 24.2 Å². The number of hydrogen-bond donors (Lipinski definition) is 1. The maximum Gasteiger partial charge on any atom is 0.417 e. The number of benzene rings is 2. The van der Waals surface area contributed by atoms with Crippen LogP contribution in [0.15, 0.2) is 42.6 Å². The van der Waals surface area contributed by atoms with Crippen LogP contribution in [0.5, 0.6) is 5.75 Å². The van der Waals surface area contributed by atoms with E-state index in [1.54, 1.807) is 7.05 Å². The number of nitrogen functional groups attached to an aromatic ring is 1. The molecule has 0 amide bonds. The summed E-state index contributed by atoms with van der Waals surface area (Å²) in [4.78, 5) is 17.6. The fourth-order valence-corrected chi connectivity index (χ4v) is 4.79. The molecule has 5 rings (SSSR count). The molecule has 0 aliphatic rings. The van der Waals surface area contributed by atoms with Crippen molar-refractivity contribution < 1.29 is 40.6 Å². The number of rotatable bonds is 6. The Morgan fingerprint density at radius 3 is 2.35 bits per heavy atom. The predicted molar refractivity (Wildman–Crippen MR) is 134 cm³/mol. The Morgan fingerprint density at radius 2 is 1.75 bits per heavy atom. The van der Waals surface area contributed by atoms with E-state index in [0.717, 1.165) is 12.1 Å². The Hall–Kier alpha value is -4.52. The van der Waals surface area contributed by atoms with Gasteiger partial charge >= 0.3 is 6.18 Å². The van der Waals surface area contributed by atoms with Crippen molar-refractivity contribution in [1.82, 2.24) is 14.0 Å². The van der Waals surface area contributed by atoms with Crippen molar-refractivity contribution >= 4 is 28.0 Å². The van der Waals surface area contributed by atoms with Gasteiger partial charge in [0, 0.05) is 37.0 Å². The number of fused-ring (bicyclic) bond motifs is 2. The summed E-state index contributed by atoms with van der Waals surface area (Å²) >= 11 is 0. The molecule has 208 valence electrons. The van der Waals surface area contributed by atoms with Gasteiger partial charge in [0.1, 0.15) is 17.9 Å². The molecule has 0 aliphatic heterocycles. The fourth-order valence-electron chi connectivity index (χ4n) is 4.79. The lowest BCUT2D eigenvalue weighted by atomic mass is 9.96. The minimum absolute atomic E-state index is 0.00472. The van der Waals surface area contributed by atoms with Crippen molar-refractivity contribution in [2.75, 3.05) is 20.0 Å². The molecule has 0 bridgehead atoms. The highest BCUT2D eigenvalue weighted by Crippen LogP contribution is 2.48. The van der Waals surface area contributed by atoms with Gasteiger partial charge in [-0.2, -0.15) is 13.2 Å². The zero-order valence-electron chi connectivity index (χ0n) is 21.2. The van der Waals surface area contributed by atoms with E-state index in [4.69, 9.17) is 15.2 Å². The number of nitrogens with zero attached hydrogens (tertiary/aromatic N) is 3. The zero-order valence-corrected chi connectivity index (χ0v) is 21.2. The number of methoxy groups -OCH3 is 2. The molecule has 0 fully saturated rings. The second kappa shape index (κ2) is 9.59. The predicted octanol–water partition coefficient (Wildman–Crippen LogP) is 5.90. The molecule has 0 unspecified atom stereocenters. The molecule has 2 N–H and O–H groups in total. The summed E-state index contributed by atoms with van der Waals surface area (Å²) in [6, 6.07) is 5.90. The van der Waals surface area contributed by atoms with Gasteiger partial charge in [-0.25, -0.2) is 18.2 Å². The highest BCUT2D eigenvalue weighted by molar-refractivity contribution is 6.11. The van der Waals surface area contributed by atoms with Gasteiger partial charge in [0.15, 0.2) is 23.2 Å². The summed E-state index contributed by atoms with van der Waals surface area (Å²) in [6.45, 7) is 0.0301. The number of hydrogen-bond acceptors (Lipinski definition) is 5. The number of ether oxygens (including phenoxy) is 2. The van der Waals surface area contributed by atoms with Crippen LogP contribution in [0.25, 0.3) is 27.7 Å². The maximum atomic E-state index is 14.5. The second-order valence-electron chi connectivity index (χ2n) is 8.93. The molecule has 3 aromatic heterocycles. The molecule has 0 radical (unpaired) electrons. The van der Waals surface area contributed by atoms with E-state index >= 15 is 0 Å². The number of aryl methyl sites for hydroxylation is 1. The van der Waals surface area contributed by atoms with Crippen LogP contribution in [-0.4, -0.2) is 34.0 Å². The van der Waals surface area contributed by atoms with Crippen LogP contribution in [0.2, 0.25) is 0 Å². The first kappa shape index (κ1) is 27.1. The number of aromatic nitrogens is 3. The summed E-state index contributed by atoms with van der Waals surface area (Å²) in [6.07, 6.45) is -3.49. The first-order chi connectivity index (χ1) is 18.9. The first-order valence-corrected chi connectivity index (χ1v) is 11.6. The molecule has 0 saturated carbocycles. The first-order valence-electron chi connectivity index (χ1n) is 11.6. The van der Waals surface area contributed by atoms with Gasteiger partial charge in [0.05, 0.1) is 35.1 Å². The standard InChI is InChI=1S/C27H20F6N4O3/c1-36-18-9-14(27(31,32)33)21(26(40-3)23(18)35-20(36)11-39-2)13-5-4-6-37-19(10-17(34)24(13)37)25(38)12-7-15(28)22(30)16(29)8-12/h4-10H,11,34H2,1-3H3. The third-order valence-electron chi connectivity index (χ3n) is 6.57. The van der Waals surface area contributed by atoms with Gasteiger partial charge in [-0.1, -0.05) is 6.07 Å². The lowest BCUT2D eigenvalue weighted by Crippen LogP contribution is -2.10. The van der Waals surface area contributed by atoms with E-state index in [2.05, 4.69) is 4.98 Å². The number of anilines is 1. The van der Waals surface area contributed by atoms with E-state index in [9.17, 15) is 31.1 Å². The third kappa shape index (κ3) is 4.13. The van der Waals surface area contributed by atoms with E-state index in [1.807, 2.05) is 0 Å². The zero-order chi connectivity index (χ0) is 29.1. The van der Waals surface area contributed by atoms with E-state index in [0.29, 0.717) is 18.0 Å². The monoisotopic (exact) mass is 562 g/mol. The lowest BCUT2D eigenvalue weighted by Gasteiger charge is -2.19. The highest BCUT2D eigenvalue weighted by atomic mass is 19.4. The third-order valence-corrected chi connectivity index (χ3v) is 6.57. The quantitative estimate of drug-likeness (QED) is 0.158. The van der Waals surface area contributed by atoms with Gasteiger partial charge in [0.2, 0.25) is 5.78 Å². The summed E-state index contributed by atoms with van der Waals surface area (Å²) < 4.78 is 98.0. The van der Waals surface area contributed by atoms with Crippen LogP contribution in [0.3, 0.4) is 0 Å². The van der Waals surface area contributed by atoms with Crippen molar-refractivity contribution in [3.05, 3.63) is 82.7 Å². The molecular weight excluding hydrogens is 542 g/mol. The van der Waals surface area contributed by atoms with Crippen molar-refractivity contribution in [3.8, 4) is 16.9 Å². The molecule has 2 aromatic carbocycles. The Bertz CT molecular complexity index is 1800. The normalized spacial score (nSPS) is 12.0. The Kier molecular flexibility index (Phi) is 6.49. The van der Waals surface area contributed by atoms with Gasteiger partial charge in [-0.15, -0.1) is 0 Å². The van der Waals surface area contributed by atoms with Crippen LogP contribution < -0.4 is 10.5 Å². The van der Waals surface area contributed by atoms with Crippen LogP contribution >= 0.6 is 0 Å². The molecule has 0 aliphatic carbocycles. The Morgan fingerprint density at radius 1 is 1.07 bits per heavy atom. The Labute approximate surface area is 222 Å². The molecule has 3 heterocycles. The van der Waals surface area contributed by atoms with Crippen molar-refractivity contribution in [1.29, 1.82) is 0 Å². The van der Waals surface area contributed by atoms with Crippen LogP contribution in [0, 0.1) is 17.5 Å². The molecule has 13 heteroatoms. The van der Waals surface area contributed by atoms with E-state index < -0.39 is 40.5 Å². The molecule has 0 atom stereocenters. The van der Waals surface area contributed by atoms with Gasteiger partial charge in [-0.3, -0.25) is 4.79 Å². The molecule has 0 saturated heterocycles. The minimum Gasteiger partial charge on any atom is -0.494 e. The number of halogens is 6. The number of carbonyl (C=O) groups is 1. The molecular formula is C27H20F6N4O3. The summed E-state index contributed by atoms with van der Waals surface area (Å²) in [5.74, 6) is -5.67. The summed E-state index contributed by atoms with van der Waals surface area (Å²) in [5, 5.41) is 0. The SMILES string of the molecule is COCc1nc2c(OC)c(-c3cccn4c(C(=O)c5cc(F)c(F)c(F)c5)cc(N)c34)c(C(F)(F)F)cc2n1C. The smallest absolute Gasteiger partial charge is 0.417 e. The van der Waals surface area contributed by atoms with Gasteiger partial charge in [0.25, 0.3) is 0 Å². The molecule has 0 spiro atoms. The number of alkyl halides is 3. The van der Waals surface area contributed by atoms with Crippen molar-refractivity contribution in [2.24, 2.45) is 7.05 Å². The maximum absolute atomic E-state index is 14.5. The van der Waals surface area contributed by atoms with Crippen molar-refractivity contribution in [3.63, 3.8) is 0 Å². The van der Waals surface area contributed by atoms with E-state index in [1.165, 1.54) is 41.5 Å². The largest absolute Gasteiger partial charge is 0.494 e. The topological polar surface area (TPSA) is 83.8 Å². The van der Waals surface area contributed by atoms with E-state index in [-0.39, 0.29) is 51.4 Å². The number of ketones is 1.